The summed E-state index contributed by atoms with van der Waals surface area (Å²) in [6.45, 7) is 8.51. The Morgan fingerprint density at radius 1 is 1.12 bits per heavy atom. The van der Waals surface area contributed by atoms with E-state index in [4.69, 9.17) is 4.74 Å². The molecular weight excluding hydrogens is 298 g/mol. The molecule has 1 aliphatic heterocycles. The quantitative estimate of drug-likeness (QED) is 0.766. The number of nitrogens with zero attached hydrogens (tertiary/aromatic N) is 1. The number of amides is 1. The van der Waals surface area contributed by atoms with Gasteiger partial charge in [-0.3, -0.25) is 4.90 Å². The highest BCUT2D eigenvalue weighted by Gasteiger charge is 2.32. The van der Waals surface area contributed by atoms with Crippen LogP contribution in [0.2, 0.25) is 0 Å². The molecule has 2 aromatic rings. The molecule has 1 unspecified atom stereocenters. The molecule has 0 saturated carbocycles. The normalized spacial score (nSPS) is 16.0. The fourth-order valence-corrected chi connectivity index (χ4v) is 3.59. The summed E-state index contributed by atoms with van der Waals surface area (Å²) in [7, 11) is 0. The van der Waals surface area contributed by atoms with Crippen molar-refractivity contribution in [3.05, 3.63) is 76.0 Å². The predicted octanol–water partition coefficient (Wildman–Crippen LogP) is 5.14. The first-order valence-electron chi connectivity index (χ1n) is 8.33. The van der Waals surface area contributed by atoms with E-state index in [-0.39, 0.29) is 12.1 Å². The van der Waals surface area contributed by atoms with E-state index in [1.54, 1.807) is 4.90 Å². The van der Waals surface area contributed by atoms with Gasteiger partial charge in [0.25, 0.3) is 0 Å². The van der Waals surface area contributed by atoms with Crippen LogP contribution in [0.1, 0.15) is 46.3 Å². The zero-order valence-electron chi connectivity index (χ0n) is 14.7. The molecule has 0 N–H and O–H groups in total. The highest BCUT2D eigenvalue weighted by molar-refractivity contribution is 5.75. The zero-order valence-corrected chi connectivity index (χ0v) is 14.7. The molecule has 0 aromatic heterocycles. The van der Waals surface area contributed by atoms with Crippen LogP contribution in [0.15, 0.2) is 42.6 Å². The minimum atomic E-state index is -0.312. The van der Waals surface area contributed by atoms with Gasteiger partial charge in [-0.1, -0.05) is 42.0 Å². The van der Waals surface area contributed by atoms with Crippen LogP contribution < -0.4 is 0 Å². The SMILES string of the molecule is CCOC(=O)N1C=Cc2ccccc2C1c1c(C)cc(C)cc1C. The van der Waals surface area contributed by atoms with Crippen molar-refractivity contribution in [1.82, 2.24) is 4.90 Å². The summed E-state index contributed by atoms with van der Waals surface area (Å²) >= 11 is 0. The van der Waals surface area contributed by atoms with Crippen LogP contribution in [0.4, 0.5) is 4.79 Å². The van der Waals surface area contributed by atoms with Gasteiger partial charge in [0.2, 0.25) is 0 Å². The van der Waals surface area contributed by atoms with Gasteiger partial charge in [0.15, 0.2) is 0 Å². The fraction of sp³-hybridized carbons (Fsp3) is 0.286. The molecule has 1 aliphatic rings. The maximum atomic E-state index is 12.5. The van der Waals surface area contributed by atoms with Gasteiger partial charge in [-0.05, 0) is 61.6 Å². The fourth-order valence-electron chi connectivity index (χ4n) is 3.59. The van der Waals surface area contributed by atoms with Crippen molar-refractivity contribution < 1.29 is 9.53 Å². The van der Waals surface area contributed by atoms with Crippen LogP contribution in [0.25, 0.3) is 6.08 Å². The smallest absolute Gasteiger partial charge is 0.414 e. The first-order chi connectivity index (χ1) is 11.5. The number of carbonyl (C=O) groups excluding carboxylic acids is 1. The van der Waals surface area contributed by atoms with Crippen LogP contribution in [0, 0.1) is 20.8 Å². The van der Waals surface area contributed by atoms with Gasteiger partial charge in [0.1, 0.15) is 0 Å². The van der Waals surface area contributed by atoms with Crippen LogP contribution >= 0.6 is 0 Å². The third kappa shape index (κ3) is 2.82. The largest absolute Gasteiger partial charge is 0.449 e. The van der Waals surface area contributed by atoms with Gasteiger partial charge >= 0.3 is 6.09 Å². The van der Waals surface area contributed by atoms with Crippen molar-refractivity contribution >= 4 is 12.2 Å². The number of carbonyl (C=O) groups is 1. The summed E-state index contributed by atoms with van der Waals surface area (Å²) in [5.41, 5.74) is 7.06. The average molecular weight is 321 g/mol. The van der Waals surface area contributed by atoms with E-state index in [9.17, 15) is 4.79 Å². The minimum Gasteiger partial charge on any atom is -0.449 e. The number of benzene rings is 2. The number of rotatable bonds is 2. The Hall–Kier alpha value is -2.55. The molecule has 3 heteroatoms. The summed E-state index contributed by atoms with van der Waals surface area (Å²) in [6.07, 6.45) is 3.50. The first-order valence-corrected chi connectivity index (χ1v) is 8.33. The molecule has 0 fully saturated rings. The van der Waals surface area contributed by atoms with E-state index in [1.807, 2.05) is 31.3 Å². The molecule has 3 rings (SSSR count). The van der Waals surface area contributed by atoms with Gasteiger partial charge in [0, 0.05) is 6.20 Å². The van der Waals surface area contributed by atoms with Crippen LogP contribution in [-0.2, 0) is 4.74 Å². The number of hydrogen-bond donors (Lipinski definition) is 0. The highest BCUT2D eigenvalue weighted by atomic mass is 16.6. The summed E-state index contributed by atoms with van der Waals surface area (Å²) in [4.78, 5) is 14.2. The molecule has 1 amide bonds. The summed E-state index contributed by atoms with van der Waals surface area (Å²) in [5.74, 6) is 0. The first kappa shape index (κ1) is 16.3. The molecule has 0 radical (unpaired) electrons. The molecule has 24 heavy (non-hydrogen) atoms. The maximum Gasteiger partial charge on any atom is 0.414 e. The molecule has 1 heterocycles. The molecule has 3 nitrogen and oxygen atoms in total. The molecule has 0 saturated heterocycles. The number of hydrogen-bond acceptors (Lipinski definition) is 2. The second-order valence-electron chi connectivity index (χ2n) is 6.27. The number of ether oxygens (including phenoxy) is 1. The predicted molar refractivity (Wildman–Crippen MR) is 96.8 cm³/mol. The topological polar surface area (TPSA) is 29.5 Å². The van der Waals surface area contributed by atoms with E-state index in [0.29, 0.717) is 6.61 Å². The van der Waals surface area contributed by atoms with E-state index in [1.165, 1.54) is 22.3 Å². The van der Waals surface area contributed by atoms with Crippen LogP contribution in [0.3, 0.4) is 0 Å². The monoisotopic (exact) mass is 321 g/mol. The van der Waals surface area contributed by atoms with Crippen molar-refractivity contribution in [2.24, 2.45) is 0 Å². The molecule has 1 atom stereocenters. The lowest BCUT2D eigenvalue weighted by Gasteiger charge is -2.34. The second kappa shape index (κ2) is 6.52. The lowest BCUT2D eigenvalue weighted by Crippen LogP contribution is -2.34. The van der Waals surface area contributed by atoms with Gasteiger partial charge in [-0.2, -0.15) is 0 Å². The van der Waals surface area contributed by atoms with Crippen molar-refractivity contribution in [3.63, 3.8) is 0 Å². The Balaban J connectivity index is 2.19. The van der Waals surface area contributed by atoms with Crippen molar-refractivity contribution in [2.45, 2.75) is 33.7 Å². The molecule has 0 bridgehead atoms. The van der Waals surface area contributed by atoms with Crippen LogP contribution in [0.5, 0.6) is 0 Å². The van der Waals surface area contributed by atoms with E-state index >= 15 is 0 Å². The van der Waals surface area contributed by atoms with Crippen molar-refractivity contribution in [3.8, 4) is 0 Å². The zero-order chi connectivity index (χ0) is 17.3. The molecular formula is C21H23NO2. The Labute approximate surface area is 143 Å². The average Bonchev–Trinajstić information content (AvgIpc) is 2.54. The molecule has 2 aromatic carbocycles. The Kier molecular flexibility index (Phi) is 4.43. The van der Waals surface area contributed by atoms with Crippen LogP contribution in [-0.4, -0.2) is 17.6 Å². The van der Waals surface area contributed by atoms with Crippen molar-refractivity contribution in [2.75, 3.05) is 6.61 Å². The van der Waals surface area contributed by atoms with Crippen molar-refractivity contribution in [1.29, 1.82) is 0 Å². The summed E-state index contributed by atoms with van der Waals surface area (Å²) in [5, 5.41) is 0. The molecule has 124 valence electrons. The third-order valence-corrected chi connectivity index (χ3v) is 4.47. The second-order valence-corrected chi connectivity index (χ2v) is 6.27. The molecule has 0 spiro atoms. The maximum absolute atomic E-state index is 12.5. The Morgan fingerprint density at radius 2 is 1.79 bits per heavy atom. The lowest BCUT2D eigenvalue weighted by atomic mass is 9.85. The standard InChI is InChI=1S/C21H23NO2/c1-5-24-21(23)22-11-10-17-8-6-7-9-18(17)20(22)19-15(3)12-14(2)13-16(19)4/h6-13,20H,5H2,1-4H3. The van der Waals surface area contributed by atoms with Gasteiger partial charge < -0.3 is 4.74 Å². The highest BCUT2D eigenvalue weighted by Crippen LogP contribution is 2.39. The Bertz CT molecular complexity index is 784. The summed E-state index contributed by atoms with van der Waals surface area (Å²) < 4.78 is 5.29. The van der Waals surface area contributed by atoms with Gasteiger partial charge in [0.05, 0.1) is 12.6 Å². The Morgan fingerprint density at radius 3 is 2.46 bits per heavy atom. The summed E-state index contributed by atoms with van der Waals surface area (Å²) in [6, 6.07) is 12.4. The number of fused-ring (bicyclic) bond motifs is 1. The molecule has 0 aliphatic carbocycles. The van der Waals surface area contributed by atoms with E-state index < -0.39 is 0 Å². The van der Waals surface area contributed by atoms with E-state index in [2.05, 4.69) is 45.0 Å². The number of aryl methyl sites for hydroxylation is 3. The lowest BCUT2D eigenvalue weighted by molar-refractivity contribution is 0.114. The van der Waals surface area contributed by atoms with Gasteiger partial charge in [-0.25, -0.2) is 4.79 Å². The van der Waals surface area contributed by atoms with Gasteiger partial charge in [-0.15, -0.1) is 0 Å². The van der Waals surface area contributed by atoms with E-state index in [0.717, 1.165) is 11.1 Å². The minimum absolute atomic E-state index is 0.161. The third-order valence-electron chi connectivity index (χ3n) is 4.47.